The van der Waals surface area contributed by atoms with Crippen molar-refractivity contribution in [3.63, 3.8) is 0 Å². The molecule has 0 unspecified atom stereocenters. The summed E-state index contributed by atoms with van der Waals surface area (Å²) in [5.41, 5.74) is -2.98. The number of benzene rings is 2. The molecule has 0 saturated carbocycles. The van der Waals surface area contributed by atoms with Crippen LogP contribution >= 0.6 is 0 Å². The number of ketones is 1. The molecule has 8 amide bonds. The average molecular weight is 562 g/mol. The van der Waals surface area contributed by atoms with E-state index < -0.39 is 81.4 Å². The highest BCUT2D eigenvalue weighted by Crippen LogP contribution is 2.51. The van der Waals surface area contributed by atoms with Gasteiger partial charge in [0.25, 0.3) is 47.3 Å². The number of carbonyl (C=O) groups is 9. The van der Waals surface area contributed by atoms with Crippen molar-refractivity contribution in [1.82, 2.24) is 0 Å². The van der Waals surface area contributed by atoms with Gasteiger partial charge < -0.3 is 0 Å². The summed E-state index contributed by atoms with van der Waals surface area (Å²) in [5.74, 6) is -8.68. The summed E-state index contributed by atoms with van der Waals surface area (Å²) in [6.07, 6.45) is 7.00. The number of carbonyl (C=O) groups excluding carboxylic acids is 9. The Morgan fingerprint density at radius 2 is 0.786 bits per heavy atom. The van der Waals surface area contributed by atoms with Crippen LogP contribution in [0.15, 0.2) is 85.0 Å². The van der Waals surface area contributed by atoms with Crippen LogP contribution in [0, 0.1) is 0 Å². The van der Waals surface area contributed by atoms with Gasteiger partial charge in [0, 0.05) is 54.2 Å². The molecule has 0 N–H and O–H groups in total. The third kappa shape index (κ3) is 3.76. The van der Waals surface area contributed by atoms with Crippen LogP contribution in [-0.4, -0.2) is 53.0 Å². The highest BCUT2D eigenvalue weighted by molar-refractivity contribution is 6.41. The third-order valence-electron chi connectivity index (χ3n) is 6.66. The predicted molar refractivity (Wildman–Crippen MR) is 143 cm³/mol. The lowest BCUT2D eigenvalue weighted by atomic mass is 9.96. The van der Waals surface area contributed by atoms with Crippen LogP contribution in [0.3, 0.4) is 0 Å². The Labute approximate surface area is 234 Å². The van der Waals surface area contributed by atoms with E-state index in [-0.39, 0.29) is 5.56 Å². The minimum atomic E-state index is -1.02. The second-order valence-electron chi connectivity index (χ2n) is 9.07. The number of rotatable bonds is 6. The summed E-state index contributed by atoms with van der Waals surface area (Å²) in [6.45, 7) is 0. The molecule has 6 rings (SSSR count). The van der Waals surface area contributed by atoms with Gasteiger partial charge in [-0.3, -0.25) is 43.2 Å². The molecule has 0 aromatic heterocycles. The highest BCUT2D eigenvalue weighted by atomic mass is 16.2. The number of imide groups is 4. The molecule has 2 aromatic rings. The van der Waals surface area contributed by atoms with Gasteiger partial charge in [-0.1, -0.05) is 30.3 Å². The average Bonchev–Trinajstić information content (AvgIpc) is 3.70. The fourth-order valence-corrected chi connectivity index (χ4v) is 4.88. The minimum Gasteiger partial charge on any atom is -0.289 e. The molecular weight excluding hydrogens is 548 g/mol. The van der Waals surface area contributed by atoms with Crippen molar-refractivity contribution in [2.24, 2.45) is 0 Å². The Balaban J connectivity index is 1.80. The molecule has 0 saturated heterocycles. The van der Waals surface area contributed by atoms with Crippen LogP contribution in [-0.2, 0) is 38.4 Å². The highest BCUT2D eigenvalue weighted by Gasteiger charge is 2.45. The molecule has 2 aromatic carbocycles. The molecule has 4 aliphatic rings. The zero-order valence-electron chi connectivity index (χ0n) is 21.0. The Kier molecular flexibility index (Phi) is 5.78. The van der Waals surface area contributed by atoms with Crippen molar-refractivity contribution < 1.29 is 43.2 Å². The smallest absolute Gasteiger partial charge is 0.258 e. The molecule has 13 nitrogen and oxygen atoms in total. The maximum Gasteiger partial charge on any atom is 0.258 e. The molecule has 4 aliphatic heterocycles. The van der Waals surface area contributed by atoms with Gasteiger partial charge in [-0.25, -0.2) is 19.6 Å². The maximum absolute atomic E-state index is 14.0. The van der Waals surface area contributed by atoms with Crippen LogP contribution < -0.4 is 19.6 Å². The zero-order valence-corrected chi connectivity index (χ0v) is 21.0. The molecule has 0 bridgehead atoms. The van der Waals surface area contributed by atoms with Gasteiger partial charge in [-0.2, -0.15) is 0 Å². The van der Waals surface area contributed by atoms with Gasteiger partial charge >= 0.3 is 0 Å². The van der Waals surface area contributed by atoms with E-state index >= 15 is 0 Å². The van der Waals surface area contributed by atoms with Crippen LogP contribution in [0.4, 0.5) is 22.7 Å². The van der Waals surface area contributed by atoms with E-state index in [0.717, 1.165) is 54.7 Å². The largest absolute Gasteiger partial charge is 0.289 e. The van der Waals surface area contributed by atoms with Gasteiger partial charge in [0.1, 0.15) is 11.4 Å². The van der Waals surface area contributed by atoms with E-state index in [0.29, 0.717) is 19.6 Å². The second kappa shape index (κ2) is 9.38. The SMILES string of the molecule is O=C(c1ccccc1)c1cc(N2C(=O)C=CC2=O)c(N2C(=O)C=CC2=O)c(N2C(=O)C=CC2=O)c1N1C(=O)C=CC1=O. The lowest BCUT2D eigenvalue weighted by Crippen LogP contribution is -2.41. The first-order chi connectivity index (χ1) is 20.1. The van der Waals surface area contributed by atoms with Gasteiger partial charge in [0.2, 0.25) is 0 Å². The summed E-state index contributed by atoms with van der Waals surface area (Å²) in [7, 11) is 0. The van der Waals surface area contributed by atoms with Crippen molar-refractivity contribution in [2.75, 3.05) is 19.6 Å². The van der Waals surface area contributed by atoms with Gasteiger partial charge in [-0.05, 0) is 6.07 Å². The Bertz CT molecular complexity index is 1790. The molecule has 0 radical (unpaired) electrons. The number of anilines is 4. The van der Waals surface area contributed by atoms with Crippen molar-refractivity contribution in [3.8, 4) is 0 Å². The van der Waals surface area contributed by atoms with Crippen LogP contribution in [0.1, 0.15) is 15.9 Å². The summed E-state index contributed by atoms with van der Waals surface area (Å²) in [5, 5.41) is 0. The molecule has 204 valence electrons. The summed E-state index contributed by atoms with van der Waals surface area (Å²) in [6, 6.07) is 8.45. The van der Waals surface area contributed by atoms with Crippen molar-refractivity contribution in [1.29, 1.82) is 0 Å². The lowest BCUT2D eigenvalue weighted by Gasteiger charge is -2.33. The number of hydrogen-bond acceptors (Lipinski definition) is 9. The fourth-order valence-electron chi connectivity index (χ4n) is 4.88. The first-order valence-corrected chi connectivity index (χ1v) is 12.2. The molecular formula is C29H14N4O9. The Hall–Kier alpha value is -6.37. The molecule has 0 aliphatic carbocycles. The zero-order chi connectivity index (χ0) is 29.9. The number of hydrogen-bond donors (Lipinski definition) is 0. The van der Waals surface area contributed by atoms with Crippen molar-refractivity contribution in [2.45, 2.75) is 0 Å². The number of amides is 8. The van der Waals surface area contributed by atoms with Crippen LogP contribution in [0.2, 0.25) is 0 Å². The Morgan fingerprint density at radius 1 is 0.429 bits per heavy atom. The van der Waals surface area contributed by atoms with E-state index in [9.17, 15) is 43.2 Å². The monoisotopic (exact) mass is 562 g/mol. The van der Waals surface area contributed by atoms with Gasteiger partial charge in [0.15, 0.2) is 5.78 Å². The lowest BCUT2D eigenvalue weighted by molar-refractivity contribution is -0.122. The predicted octanol–water partition coefficient (Wildman–Crippen LogP) is 0.635. The molecule has 4 heterocycles. The summed E-state index contributed by atoms with van der Waals surface area (Å²) in [4.78, 5) is 120. The topological polar surface area (TPSA) is 167 Å². The first kappa shape index (κ1) is 25.9. The van der Waals surface area contributed by atoms with E-state index in [4.69, 9.17) is 0 Å². The molecule has 42 heavy (non-hydrogen) atoms. The van der Waals surface area contributed by atoms with Gasteiger partial charge in [-0.15, -0.1) is 0 Å². The molecule has 0 spiro atoms. The molecule has 13 heteroatoms. The third-order valence-corrected chi connectivity index (χ3v) is 6.66. The molecule has 0 fully saturated rings. The van der Waals surface area contributed by atoms with E-state index in [1.165, 1.54) is 24.3 Å². The number of nitrogens with zero attached hydrogens (tertiary/aromatic N) is 4. The summed E-state index contributed by atoms with van der Waals surface area (Å²) < 4.78 is 0. The maximum atomic E-state index is 14.0. The van der Waals surface area contributed by atoms with Gasteiger partial charge in [0.05, 0.1) is 16.9 Å². The Morgan fingerprint density at radius 3 is 1.21 bits per heavy atom. The van der Waals surface area contributed by atoms with Crippen molar-refractivity contribution in [3.05, 3.63) is 96.1 Å². The van der Waals surface area contributed by atoms with E-state index in [1.54, 1.807) is 6.07 Å². The first-order valence-electron chi connectivity index (χ1n) is 12.2. The van der Waals surface area contributed by atoms with Crippen molar-refractivity contribution >= 4 is 75.8 Å². The summed E-state index contributed by atoms with van der Waals surface area (Å²) >= 11 is 0. The fraction of sp³-hybridized carbons (Fsp3) is 0. The van der Waals surface area contributed by atoms with E-state index in [1.807, 2.05) is 0 Å². The van der Waals surface area contributed by atoms with Crippen LogP contribution in [0.25, 0.3) is 0 Å². The minimum absolute atomic E-state index is 0.0276. The van der Waals surface area contributed by atoms with Crippen LogP contribution in [0.5, 0.6) is 0 Å². The second-order valence-corrected chi connectivity index (χ2v) is 9.07. The molecule has 0 atom stereocenters. The van der Waals surface area contributed by atoms with E-state index in [2.05, 4.69) is 0 Å². The standard InChI is InChI=1S/C29H14N4O9/c34-18-6-7-19(35)30(18)17-14-16(29(42)15-4-2-1-3-5-15)26(31-20(36)8-9-21(31)37)28(33-24(40)12-13-25(33)41)27(17)32-22(38)10-11-23(32)39/h1-14H. The quantitative estimate of drug-likeness (QED) is 0.363. The normalized spacial score (nSPS) is 17.9.